The summed E-state index contributed by atoms with van der Waals surface area (Å²) < 4.78 is 0. The number of nitrogens with two attached hydrogens (primary N) is 1. The summed E-state index contributed by atoms with van der Waals surface area (Å²) in [6.07, 6.45) is 0. The highest BCUT2D eigenvalue weighted by molar-refractivity contribution is 5.94. The van der Waals surface area contributed by atoms with Crippen LogP contribution in [0.2, 0.25) is 0 Å². The van der Waals surface area contributed by atoms with Crippen LogP contribution in [0.5, 0.6) is 0 Å². The summed E-state index contributed by atoms with van der Waals surface area (Å²) in [5.74, 6) is -1.66. The van der Waals surface area contributed by atoms with Crippen LogP contribution >= 0.6 is 0 Å². The van der Waals surface area contributed by atoms with Crippen molar-refractivity contribution in [2.24, 2.45) is 5.73 Å². The number of hydrogen-bond donors (Lipinski definition) is 3. The molecule has 4 N–H and O–H groups in total. The summed E-state index contributed by atoms with van der Waals surface area (Å²) in [4.78, 5) is 21.6. The summed E-state index contributed by atoms with van der Waals surface area (Å²) in [7, 11) is 0. The zero-order valence-corrected chi connectivity index (χ0v) is 7.92. The van der Waals surface area contributed by atoms with Gasteiger partial charge in [-0.25, -0.2) is 4.79 Å². The molecule has 0 aromatic carbocycles. The summed E-state index contributed by atoms with van der Waals surface area (Å²) >= 11 is 0. The van der Waals surface area contributed by atoms with Gasteiger partial charge in [0, 0.05) is 0 Å². The molecular formula is C8H14N2O3. The number of carboxylic acid groups (broad SMARTS) is 1. The quantitative estimate of drug-likeness (QED) is 0.533. The summed E-state index contributed by atoms with van der Waals surface area (Å²) in [5.41, 5.74) is 5.68. The van der Waals surface area contributed by atoms with Gasteiger partial charge in [-0.05, 0) is 26.3 Å². The Morgan fingerprint density at radius 1 is 1.38 bits per heavy atom. The van der Waals surface area contributed by atoms with Crippen LogP contribution in [-0.4, -0.2) is 23.0 Å². The Morgan fingerprint density at radius 3 is 2.08 bits per heavy atom. The lowest BCUT2D eigenvalue weighted by Gasteiger charge is -2.09. The second-order valence-electron chi connectivity index (χ2n) is 2.96. The molecule has 0 saturated heterocycles. The Bertz CT molecular complexity index is 252. The highest BCUT2D eigenvalue weighted by atomic mass is 16.4. The monoisotopic (exact) mass is 186 g/mol. The van der Waals surface area contributed by atoms with Crippen LogP contribution < -0.4 is 11.1 Å². The normalized spacial score (nSPS) is 11.7. The van der Waals surface area contributed by atoms with Gasteiger partial charge >= 0.3 is 5.97 Å². The van der Waals surface area contributed by atoms with Gasteiger partial charge in [-0.15, -0.1) is 0 Å². The van der Waals surface area contributed by atoms with E-state index >= 15 is 0 Å². The molecule has 0 spiro atoms. The maximum absolute atomic E-state index is 11.0. The molecule has 0 aliphatic rings. The van der Waals surface area contributed by atoms with Crippen molar-refractivity contribution in [2.45, 2.75) is 26.8 Å². The second kappa shape index (κ2) is 4.61. The third-order valence-electron chi connectivity index (χ3n) is 1.38. The van der Waals surface area contributed by atoms with Gasteiger partial charge in [0.25, 0.3) is 0 Å². The van der Waals surface area contributed by atoms with Crippen LogP contribution in [-0.2, 0) is 9.59 Å². The lowest BCUT2D eigenvalue weighted by atomic mass is 10.2. The molecule has 0 aliphatic carbocycles. The number of nitrogens with one attached hydrogen (secondary N) is 1. The molecule has 0 bridgehead atoms. The van der Waals surface area contributed by atoms with E-state index in [0.717, 1.165) is 0 Å². The minimum absolute atomic E-state index is 0.109. The van der Waals surface area contributed by atoms with Crippen molar-refractivity contribution >= 4 is 11.9 Å². The Morgan fingerprint density at radius 2 is 1.85 bits per heavy atom. The van der Waals surface area contributed by atoms with Crippen molar-refractivity contribution < 1.29 is 14.7 Å². The molecule has 0 unspecified atom stereocenters. The Hall–Kier alpha value is -1.36. The third-order valence-corrected chi connectivity index (χ3v) is 1.38. The SMILES string of the molecule is CC(C)=C(NC(=O)[C@H](C)N)C(=O)O. The largest absolute Gasteiger partial charge is 0.477 e. The van der Waals surface area contributed by atoms with Crippen LogP contribution in [0.15, 0.2) is 11.3 Å². The van der Waals surface area contributed by atoms with Gasteiger partial charge in [-0.1, -0.05) is 0 Å². The number of allylic oxidation sites excluding steroid dienone is 1. The molecule has 0 aromatic rings. The van der Waals surface area contributed by atoms with Crippen molar-refractivity contribution in [3.8, 4) is 0 Å². The first-order valence-corrected chi connectivity index (χ1v) is 3.83. The van der Waals surface area contributed by atoms with Gasteiger partial charge in [0.15, 0.2) is 0 Å². The fourth-order valence-electron chi connectivity index (χ4n) is 0.629. The predicted octanol–water partition coefficient (Wildman–Crippen LogP) is -0.172. The maximum atomic E-state index is 11.0. The molecular weight excluding hydrogens is 172 g/mol. The van der Waals surface area contributed by atoms with E-state index in [9.17, 15) is 9.59 Å². The van der Waals surface area contributed by atoms with Gasteiger partial charge < -0.3 is 16.2 Å². The van der Waals surface area contributed by atoms with E-state index in [2.05, 4.69) is 5.32 Å². The fraction of sp³-hybridized carbons (Fsp3) is 0.500. The van der Waals surface area contributed by atoms with E-state index in [4.69, 9.17) is 10.8 Å². The zero-order chi connectivity index (χ0) is 10.6. The number of hydrogen-bond acceptors (Lipinski definition) is 3. The second-order valence-corrected chi connectivity index (χ2v) is 2.96. The van der Waals surface area contributed by atoms with Crippen molar-refractivity contribution in [1.82, 2.24) is 5.32 Å². The Labute approximate surface area is 76.6 Å². The number of carbonyl (C=O) groups is 2. The van der Waals surface area contributed by atoms with Gasteiger partial charge in [0.05, 0.1) is 6.04 Å². The first kappa shape index (κ1) is 11.6. The van der Waals surface area contributed by atoms with E-state index < -0.39 is 17.9 Å². The van der Waals surface area contributed by atoms with Gasteiger partial charge in [-0.3, -0.25) is 4.79 Å². The van der Waals surface area contributed by atoms with E-state index in [1.165, 1.54) is 6.92 Å². The number of aliphatic carboxylic acids is 1. The van der Waals surface area contributed by atoms with Crippen LogP contribution in [0, 0.1) is 0 Å². The van der Waals surface area contributed by atoms with Crippen LogP contribution in [0.1, 0.15) is 20.8 Å². The van der Waals surface area contributed by atoms with Gasteiger partial charge in [0.2, 0.25) is 5.91 Å². The highest BCUT2D eigenvalue weighted by Gasteiger charge is 2.15. The standard InChI is InChI=1S/C8H14N2O3/c1-4(2)6(8(12)13)10-7(11)5(3)9/h5H,9H2,1-3H3,(H,10,11)(H,12,13)/t5-/m0/s1. The Balaban J connectivity index is 4.57. The fourth-order valence-corrected chi connectivity index (χ4v) is 0.629. The average Bonchev–Trinajstić information content (AvgIpc) is 1.97. The molecule has 0 rings (SSSR count). The van der Waals surface area contributed by atoms with Crippen LogP contribution in [0.3, 0.4) is 0 Å². The van der Waals surface area contributed by atoms with Crippen molar-refractivity contribution in [3.63, 3.8) is 0 Å². The molecule has 0 saturated carbocycles. The smallest absolute Gasteiger partial charge is 0.352 e. The number of carboxylic acids is 1. The Kier molecular flexibility index (Phi) is 4.13. The summed E-state index contributed by atoms with van der Waals surface area (Å²) in [5, 5.41) is 10.9. The van der Waals surface area contributed by atoms with Crippen molar-refractivity contribution in [3.05, 3.63) is 11.3 Å². The lowest BCUT2D eigenvalue weighted by molar-refractivity contribution is -0.134. The van der Waals surface area contributed by atoms with Crippen LogP contribution in [0.4, 0.5) is 0 Å². The lowest BCUT2D eigenvalue weighted by Crippen LogP contribution is -2.39. The minimum atomic E-state index is -1.16. The van der Waals surface area contributed by atoms with Crippen LogP contribution in [0.25, 0.3) is 0 Å². The molecule has 5 heteroatoms. The molecule has 0 aromatic heterocycles. The number of carbonyl (C=O) groups excluding carboxylic acids is 1. The van der Waals surface area contributed by atoms with Crippen molar-refractivity contribution in [1.29, 1.82) is 0 Å². The zero-order valence-electron chi connectivity index (χ0n) is 7.92. The molecule has 0 heterocycles. The highest BCUT2D eigenvalue weighted by Crippen LogP contribution is 1.99. The molecule has 13 heavy (non-hydrogen) atoms. The molecule has 74 valence electrons. The topological polar surface area (TPSA) is 92.4 Å². The van der Waals surface area contributed by atoms with E-state index in [1.807, 2.05) is 0 Å². The predicted molar refractivity (Wildman–Crippen MR) is 47.8 cm³/mol. The average molecular weight is 186 g/mol. The molecule has 0 radical (unpaired) electrons. The van der Waals surface area contributed by atoms with Gasteiger partial charge in [0.1, 0.15) is 5.70 Å². The summed E-state index contributed by atoms with van der Waals surface area (Å²) in [6, 6.07) is -0.714. The molecule has 0 aliphatic heterocycles. The molecule has 5 nitrogen and oxygen atoms in total. The van der Waals surface area contributed by atoms with Crippen molar-refractivity contribution in [2.75, 3.05) is 0 Å². The van der Waals surface area contributed by atoms with E-state index in [1.54, 1.807) is 13.8 Å². The first-order chi connectivity index (χ1) is 5.86. The first-order valence-electron chi connectivity index (χ1n) is 3.83. The minimum Gasteiger partial charge on any atom is -0.477 e. The van der Waals surface area contributed by atoms with E-state index in [0.29, 0.717) is 5.57 Å². The maximum Gasteiger partial charge on any atom is 0.352 e. The summed E-state index contributed by atoms with van der Waals surface area (Å²) in [6.45, 7) is 4.69. The molecule has 0 fully saturated rings. The third kappa shape index (κ3) is 3.71. The number of amides is 1. The van der Waals surface area contributed by atoms with E-state index in [-0.39, 0.29) is 5.70 Å². The molecule has 1 amide bonds. The number of rotatable bonds is 3. The molecule has 1 atom stereocenters. The van der Waals surface area contributed by atoms with Gasteiger partial charge in [-0.2, -0.15) is 0 Å².